The Morgan fingerprint density at radius 3 is 2.84 bits per heavy atom. The average molecular weight is 428 g/mol. The zero-order valence-electron chi connectivity index (χ0n) is 17.7. The van der Waals surface area contributed by atoms with E-state index in [1.165, 1.54) is 10.9 Å². The molecule has 1 aromatic heterocycles. The first-order valence-electron chi connectivity index (χ1n) is 11.2. The summed E-state index contributed by atoms with van der Waals surface area (Å²) in [6.07, 6.45) is 6.42. The first-order valence-corrected chi connectivity index (χ1v) is 11.2. The molecule has 2 fully saturated rings. The van der Waals surface area contributed by atoms with Crippen LogP contribution < -0.4 is 5.32 Å². The number of benzene rings is 2. The molecule has 2 amide bonds. The molecular formula is C26H25N3O3. The van der Waals surface area contributed by atoms with Gasteiger partial charge in [0.15, 0.2) is 0 Å². The number of amides is 2. The van der Waals surface area contributed by atoms with Crippen molar-refractivity contribution in [2.75, 3.05) is 13.1 Å². The molecule has 0 saturated carbocycles. The van der Waals surface area contributed by atoms with E-state index in [1.807, 2.05) is 65.7 Å². The van der Waals surface area contributed by atoms with E-state index in [2.05, 4.69) is 22.4 Å². The van der Waals surface area contributed by atoms with Gasteiger partial charge in [0.2, 0.25) is 11.8 Å². The number of para-hydroxylation sites is 1. The molecule has 6 nitrogen and oxygen atoms in total. The molecule has 2 N–H and O–H groups in total. The van der Waals surface area contributed by atoms with Gasteiger partial charge in [-0.1, -0.05) is 60.7 Å². The van der Waals surface area contributed by atoms with Crippen LogP contribution in [-0.4, -0.2) is 46.5 Å². The number of fused-ring (bicyclic) bond motifs is 2. The van der Waals surface area contributed by atoms with Gasteiger partial charge in [-0.15, -0.1) is 0 Å². The van der Waals surface area contributed by atoms with E-state index in [-0.39, 0.29) is 17.9 Å². The molecule has 162 valence electrons. The lowest BCUT2D eigenvalue weighted by Crippen LogP contribution is -2.44. The van der Waals surface area contributed by atoms with Gasteiger partial charge >= 0.3 is 0 Å². The van der Waals surface area contributed by atoms with Crippen molar-refractivity contribution in [3.63, 3.8) is 0 Å². The lowest BCUT2D eigenvalue weighted by atomic mass is 9.77. The molecule has 32 heavy (non-hydrogen) atoms. The molecule has 4 atom stereocenters. The smallest absolute Gasteiger partial charge is 0.230 e. The summed E-state index contributed by atoms with van der Waals surface area (Å²) in [7, 11) is 0. The quantitative estimate of drug-likeness (QED) is 0.594. The third-order valence-electron chi connectivity index (χ3n) is 7.12. The van der Waals surface area contributed by atoms with Gasteiger partial charge in [0, 0.05) is 30.2 Å². The maximum Gasteiger partial charge on any atom is 0.230 e. The third kappa shape index (κ3) is 2.98. The van der Waals surface area contributed by atoms with Crippen molar-refractivity contribution in [1.29, 1.82) is 0 Å². The van der Waals surface area contributed by atoms with Gasteiger partial charge in [-0.2, -0.15) is 0 Å². The highest BCUT2D eigenvalue weighted by atomic mass is 16.5. The van der Waals surface area contributed by atoms with Crippen molar-refractivity contribution in [2.24, 2.45) is 11.8 Å². The second-order valence-electron chi connectivity index (χ2n) is 8.97. The summed E-state index contributed by atoms with van der Waals surface area (Å²) in [5.74, 6) is -1.01. The lowest BCUT2D eigenvalue weighted by Gasteiger charge is -2.23. The number of aromatic nitrogens is 1. The molecule has 3 aliphatic heterocycles. The minimum atomic E-state index is -0.670. The number of H-pyrrole nitrogens is 1. The Morgan fingerprint density at radius 1 is 1.16 bits per heavy atom. The number of aromatic amines is 1. The summed E-state index contributed by atoms with van der Waals surface area (Å²) < 4.78 is 6.24. The van der Waals surface area contributed by atoms with E-state index >= 15 is 0 Å². The second kappa shape index (κ2) is 7.35. The Balaban J connectivity index is 1.17. The molecular weight excluding hydrogens is 402 g/mol. The fourth-order valence-electron chi connectivity index (χ4n) is 5.56. The monoisotopic (exact) mass is 427 g/mol. The number of carbonyl (C=O) groups excluding carboxylic acids is 2. The van der Waals surface area contributed by atoms with Gasteiger partial charge < -0.3 is 19.9 Å². The zero-order valence-corrected chi connectivity index (χ0v) is 17.7. The predicted octanol–water partition coefficient (Wildman–Crippen LogP) is 2.81. The van der Waals surface area contributed by atoms with Gasteiger partial charge in [0.05, 0.1) is 24.5 Å². The van der Waals surface area contributed by atoms with Crippen molar-refractivity contribution in [2.45, 2.75) is 24.7 Å². The normalized spacial score (nSPS) is 27.9. The Hall–Kier alpha value is -3.38. The van der Waals surface area contributed by atoms with Crippen LogP contribution in [0.5, 0.6) is 0 Å². The number of nitrogens with one attached hydrogen (secondary N) is 2. The van der Waals surface area contributed by atoms with Crippen LogP contribution >= 0.6 is 0 Å². The molecule has 2 saturated heterocycles. The highest BCUT2D eigenvalue weighted by molar-refractivity contribution is 5.93. The van der Waals surface area contributed by atoms with E-state index in [0.717, 1.165) is 17.5 Å². The number of carbonyl (C=O) groups is 2. The Morgan fingerprint density at radius 2 is 1.97 bits per heavy atom. The van der Waals surface area contributed by atoms with Gasteiger partial charge in [-0.25, -0.2) is 0 Å². The molecule has 0 radical (unpaired) electrons. The molecule has 3 aliphatic rings. The Labute approximate surface area is 186 Å². The molecule has 3 aromatic rings. The van der Waals surface area contributed by atoms with Crippen molar-refractivity contribution >= 4 is 22.7 Å². The second-order valence-corrected chi connectivity index (χ2v) is 8.97. The molecule has 2 bridgehead atoms. The SMILES string of the molecule is O=C(NCc1ccccc1)C1C2C(=O)N(CCc3c[nH]c4ccccc34)C[C@@]23C=C[C@@H]1O3. The van der Waals surface area contributed by atoms with Gasteiger partial charge in [-0.05, 0) is 23.6 Å². The minimum absolute atomic E-state index is 0.0246. The highest BCUT2D eigenvalue weighted by Gasteiger charge is 2.66. The van der Waals surface area contributed by atoms with Gasteiger partial charge in [0.25, 0.3) is 0 Å². The maximum atomic E-state index is 13.4. The first kappa shape index (κ1) is 19.3. The summed E-state index contributed by atoms with van der Waals surface area (Å²) in [6.45, 7) is 1.57. The largest absolute Gasteiger partial charge is 0.361 e. The van der Waals surface area contributed by atoms with Gasteiger partial charge in [0.1, 0.15) is 5.60 Å². The summed E-state index contributed by atoms with van der Waals surface area (Å²) in [6, 6.07) is 18.0. The van der Waals surface area contributed by atoms with Crippen LogP contribution in [0, 0.1) is 11.8 Å². The van der Waals surface area contributed by atoms with Gasteiger partial charge in [-0.3, -0.25) is 9.59 Å². The summed E-state index contributed by atoms with van der Waals surface area (Å²) >= 11 is 0. The molecule has 6 rings (SSSR count). The first-order chi connectivity index (χ1) is 15.6. The van der Waals surface area contributed by atoms with Crippen molar-refractivity contribution in [1.82, 2.24) is 15.2 Å². The molecule has 2 aromatic carbocycles. The average Bonchev–Trinajstić information content (AvgIpc) is 3.56. The summed E-state index contributed by atoms with van der Waals surface area (Å²) in [4.78, 5) is 31.7. The predicted molar refractivity (Wildman–Crippen MR) is 121 cm³/mol. The number of hydrogen-bond donors (Lipinski definition) is 2. The number of ether oxygens (including phenoxy) is 1. The van der Waals surface area contributed by atoms with E-state index in [4.69, 9.17) is 4.74 Å². The number of hydrogen-bond acceptors (Lipinski definition) is 3. The lowest BCUT2D eigenvalue weighted by molar-refractivity contribution is -0.137. The molecule has 0 aliphatic carbocycles. The van der Waals surface area contributed by atoms with E-state index in [0.29, 0.717) is 19.6 Å². The van der Waals surface area contributed by atoms with E-state index in [1.54, 1.807) is 0 Å². The standard InChI is InChI=1S/C26H25N3O3/c30-24(28-14-17-6-2-1-3-7-17)22-21-10-12-26(32-21)16-29(25(31)23(22)26)13-11-18-15-27-20-9-5-4-8-19(18)20/h1-10,12,15,21-23,27H,11,13-14,16H2,(H,28,30)/t21-,22?,23?,26-/m0/s1. The van der Waals surface area contributed by atoms with Crippen molar-refractivity contribution in [3.8, 4) is 0 Å². The van der Waals surface area contributed by atoms with Crippen LogP contribution in [-0.2, 0) is 27.3 Å². The molecule has 2 unspecified atom stereocenters. The number of likely N-dealkylation sites (tertiary alicyclic amines) is 1. The fraction of sp³-hybridized carbons (Fsp3) is 0.308. The van der Waals surface area contributed by atoms with Crippen molar-refractivity contribution in [3.05, 3.63) is 84.1 Å². The van der Waals surface area contributed by atoms with E-state index < -0.39 is 17.4 Å². The molecule has 4 heterocycles. The van der Waals surface area contributed by atoms with E-state index in [9.17, 15) is 9.59 Å². The topological polar surface area (TPSA) is 74.4 Å². The number of rotatable bonds is 6. The van der Waals surface area contributed by atoms with Crippen LogP contribution in [0.1, 0.15) is 11.1 Å². The Bertz CT molecular complexity index is 1220. The number of nitrogens with zero attached hydrogens (tertiary/aromatic N) is 1. The molecule has 6 heteroatoms. The Kier molecular flexibility index (Phi) is 4.43. The van der Waals surface area contributed by atoms with Crippen LogP contribution in [0.15, 0.2) is 72.9 Å². The third-order valence-corrected chi connectivity index (χ3v) is 7.12. The minimum Gasteiger partial charge on any atom is -0.361 e. The van der Waals surface area contributed by atoms with Crippen LogP contribution in [0.3, 0.4) is 0 Å². The zero-order chi connectivity index (χ0) is 21.7. The fourth-order valence-corrected chi connectivity index (χ4v) is 5.56. The maximum absolute atomic E-state index is 13.4. The summed E-state index contributed by atoms with van der Waals surface area (Å²) in [5, 5.41) is 4.20. The van der Waals surface area contributed by atoms with Crippen molar-refractivity contribution < 1.29 is 14.3 Å². The summed E-state index contributed by atoms with van der Waals surface area (Å²) in [5.41, 5.74) is 2.66. The van der Waals surface area contributed by atoms with Crippen LogP contribution in [0.2, 0.25) is 0 Å². The van der Waals surface area contributed by atoms with Crippen LogP contribution in [0.4, 0.5) is 0 Å². The van der Waals surface area contributed by atoms with Crippen LogP contribution in [0.25, 0.3) is 10.9 Å². The molecule has 1 spiro atoms. The highest BCUT2D eigenvalue weighted by Crippen LogP contribution is 2.51.